The molecular formula is C18H26BN7O2. The molecule has 1 aromatic heterocycles. The topological polar surface area (TPSA) is 135 Å². The number of benzene rings is 1. The smallest absolute Gasteiger partial charge is 0.311 e. The Labute approximate surface area is 164 Å². The van der Waals surface area contributed by atoms with Gasteiger partial charge in [-0.15, -0.1) is 10.2 Å². The Morgan fingerprint density at radius 1 is 1.32 bits per heavy atom. The number of hydrazine groups is 1. The van der Waals surface area contributed by atoms with E-state index in [1.807, 2.05) is 12.1 Å². The van der Waals surface area contributed by atoms with Crippen molar-refractivity contribution < 1.29 is 9.21 Å². The van der Waals surface area contributed by atoms with Crippen molar-refractivity contribution in [2.24, 2.45) is 11.6 Å². The molecule has 1 aliphatic rings. The maximum Gasteiger partial charge on any atom is 0.311 e. The SMILES string of the molecule is CCc1ccccc1CNBc1nnc(CC(=O)N2CCC(NN)=C(N)C2)o1. The lowest BCUT2D eigenvalue weighted by molar-refractivity contribution is -0.130. The number of hydrogen-bond acceptors (Lipinski definition) is 8. The van der Waals surface area contributed by atoms with Gasteiger partial charge in [0.25, 0.3) is 0 Å². The monoisotopic (exact) mass is 383 g/mol. The number of amides is 1. The molecule has 0 spiro atoms. The zero-order chi connectivity index (χ0) is 19.9. The van der Waals surface area contributed by atoms with Gasteiger partial charge in [0.2, 0.25) is 11.8 Å². The average Bonchev–Trinajstić information content (AvgIpc) is 3.15. The minimum atomic E-state index is -0.0981. The van der Waals surface area contributed by atoms with Crippen molar-refractivity contribution in [1.29, 1.82) is 0 Å². The van der Waals surface area contributed by atoms with Crippen molar-refractivity contribution in [3.63, 3.8) is 0 Å². The van der Waals surface area contributed by atoms with Crippen LogP contribution in [0.4, 0.5) is 0 Å². The van der Waals surface area contributed by atoms with E-state index >= 15 is 0 Å². The van der Waals surface area contributed by atoms with Crippen LogP contribution >= 0.6 is 0 Å². The van der Waals surface area contributed by atoms with Crippen molar-refractivity contribution in [3.8, 4) is 0 Å². The van der Waals surface area contributed by atoms with Crippen LogP contribution in [-0.2, 0) is 24.2 Å². The number of carbonyl (C=O) groups excluding carboxylic acids is 1. The third-order valence-electron chi connectivity index (χ3n) is 4.81. The number of aryl methyl sites for hydroxylation is 1. The number of hydrogen-bond donors (Lipinski definition) is 4. The summed E-state index contributed by atoms with van der Waals surface area (Å²) in [6.07, 6.45) is 1.65. The van der Waals surface area contributed by atoms with Gasteiger partial charge in [-0.2, -0.15) is 0 Å². The largest absolute Gasteiger partial charge is 0.433 e. The summed E-state index contributed by atoms with van der Waals surface area (Å²) >= 11 is 0. The van der Waals surface area contributed by atoms with E-state index in [1.54, 1.807) is 4.90 Å². The van der Waals surface area contributed by atoms with E-state index in [4.69, 9.17) is 16.0 Å². The quantitative estimate of drug-likeness (QED) is 0.254. The first-order valence-electron chi connectivity index (χ1n) is 9.41. The molecule has 9 nitrogen and oxygen atoms in total. The Hall–Kier alpha value is -2.85. The van der Waals surface area contributed by atoms with Crippen molar-refractivity contribution >= 4 is 19.1 Å². The Morgan fingerprint density at radius 3 is 2.82 bits per heavy atom. The number of rotatable bonds is 8. The van der Waals surface area contributed by atoms with Gasteiger partial charge < -0.3 is 25.7 Å². The van der Waals surface area contributed by atoms with Gasteiger partial charge in [0.1, 0.15) is 6.42 Å². The first-order valence-corrected chi connectivity index (χ1v) is 9.41. The Morgan fingerprint density at radius 2 is 2.11 bits per heavy atom. The highest BCUT2D eigenvalue weighted by Crippen LogP contribution is 2.12. The molecule has 0 saturated heterocycles. The second kappa shape index (κ2) is 9.38. The fourth-order valence-corrected chi connectivity index (χ4v) is 3.22. The summed E-state index contributed by atoms with van der Waals surface area (Å²) in [5.74, 6) is 6.08. The lowest BCUT2D eigenvalue weighted by atomic mass is 9.94. The summed E-state index contributed by atoms with van der Waals surface area (Å²) in [5.41, 5.74) is 12.4. The lowest BCUT2D eigenvalue weighted by Gasteiger charge is -2.28. The van der Waals surface area contributed by atoms with Gasteiger partial charge in [0.15, 0.2) is 5.79 Å². The van der Waals surface area contributed by atoms with Crippen LogP contribution in [0.5, 0.6) is 0 Å². The van der Waals surface area contributed by atoms with E-state index in [0.717, 1.165) is 18.7 Å². The fourth-order valence-electron chi connectivity index (χ4n) is 3.22. The molecule has 2 aromatic rings. The van der Waals surface area contributed by atoms with Crippen LogP contribution < -0.4 is 28.0 Å². The molecule has 1 aliphatic heterocycles. The molecular weight excluding hydrogens is 357 g/mol. The molecule has 2 heterocycles. The van der Waals surface area contributed by atoms with Crippen LogP contribution in [0.15, 0.2) is 40.1 Å². The van der Waals surface area contributed by atoms with E-state index in [0.29, 0.717) is 44.3 Å². The van der Waals surface area contributed by atoms with E-state index in [9.17, 15) is 4.79 Å². The van der Waals surface area contributed by atoms with E-state index in [1.165, 1.54) is 11.1 Å². The average molecular weight is 383 g/mol. The number of nitrogens with zero attached hydrogens (tertiary/aromatic N) is 3. The van der Waals surface area contributed by atoms with Gasteiger partial charge in [-0.3, -0.25) is 10.6 Å². The van der Waals surface area contributed by atoms with Crippen LogP contribution in [0.25, 0.3) is 0 Å². The third-order valence-corrected chi connectivity index (χ3v) is 4.81. The normalized spacial score (nSPS) is 14.3. The second-order valence-electron chi connectivity index (χ2n) is 6.71. The summed E-state index contributed by atoms with van der Waals surface area (Å²) in [5, 5.41) is 11.3. The number of aromatic nitrogens is 2. The number of carbonyl (C=O) groups is 1. The van der Waals surface area contributed by atoms with Gasteiger partial charge >= 0.3 is 7.41 Å². The van der Waals surface area contributed by atoms with Gasteiger partial charge in [-0.1, -0.05) is 31.2 Å². The standard InChI is InChI=1S/C18H26BN7O2/c1-2-12-5-3-4-6-13(12)10-22-19-18-25-24-16(28-18)9-17(27)26-8-7-15(23-21)14(20)11-26/h3-6,19,22-23H,2,7-11,20-21H2,1H3. The van der Waals surface area contributed by atoms with Crippen LogP contribution in [-0.4, -0.2) is 41.5 Å². The second-order valence-corrected chi connectivity index (χ2v) is 6.71. The van der Waals surface area contributed by atoms with Crippen molar-refractivity contribution in [1.82, 2.24) is 25.8 Å². The molecule has 10 heteroatoms. The van der Waals surface area contributed by atoms with Gasteiger partial charge in [-0.05, 0) is 17.5 Å². The zero-order valence-electron chi connectivity index (χ0n) is 16.1. The maximum absolute atomic E-state index is 12.4. The summed E-state index contributed by atoms with van der Waals surface area (Å²) in [6.45, 7) is 3.76. The highest BCUT2D eigenvalue weighted by molar-refractivity contribution is 6.47. The fraction of sp³-hybridized carbons (Fsp3) is 0.389. The molecule has 0 radical (unpaired) electrons. The van der Waals surface area contributed by atoms with Gasteiger partial charge in [0.05, 0.1) is 6.54 Å². The molecule has 28 heavy (non-hydrogen) atoms. The first kappa shape index (κ1) is 19.9. The number of nitrogens with one attached hydrogen (secondary N) is 2. The first-order chi connectivity index (χ1) is 13.6. The molecule has 0 bridgehead atoms. The van der Waals surface area contributed by atoms with Crippen LogP contribution in [0.2, 0.25) is 0 Å². The highest BCUT2D eigenvalue weighted by Gasteiger charge is 2.23. The van der Waals surface area contributed by atoms with Crippen LogP contribution in [0.1, 0.15) is 30.4 Å². The minimum absolute atomic E-state index is 0.0599. The van der Waals surface area contributed by atoms with Crippen molar-refractivity contribution in [2.45, 2.75) is 32.7 Å². The molecule has 3 rings (SSSR count). The highest BCUT2D eigenvalue weighted by atomic mass is 16.4. The maximum atomic E-state index is 12.4. The molecule has 0 aliphatic carbocycles. The summed E-state index contributed by atoms with van der Waals surface area (Å²) in [4.78, 5) is 14.1. The zero-order valence-corrected chi connectivity index (χ0v) is 16.1. The summed E-state index contributed by atoms with van der Waals surface area (Å²) in [7, 11) is 0.449. The molecule has 0 saturated carbocycles. The molecule has 0 unspecified atom stereocenters. The minimum Gasteiger partial charge on any atom is -0.433 e. The predicted molar refractivity (Wildman–Crippen MR) is 107 cm³/mol. The molecule has 1 aromatic carbocycles. The molecule has 6 N–H and O–H groups in total. The Kier molecular flexibility index (Phi) is 6.67. The van der Waals surface area contributed by atoms with Crippen molar-refractivity contribution in [3.05, 3.63) is 52.7 Å². The number of nitrogens with two attached hydrogens (primary N) is 2. The molecule has 148 valence electrons. The third kappa shape index (κ3) is 4.90. The lowest BCUT2D eigenvalue weighted by Crippen LogP contribution is -2.43. The Bertz CT molecular complexity index is 852. The van der Waals surface area contributed by atoms with Crippen molar-refractivity contribution in [2.75, 3.05) is 13.1 Å². The van der Waals surface area contributed by atoms with E-state index in [2.05, 4.69) is 39.9 Å². The molecule has 0 atom stereocenters. The van der Waals surface area contributed by atoms with Crippen LogP contribution in [0.3, 0.4) is 0 Å². The molecule has 0 fully saturated rings. The van der Waals surface area contributed by atoms with Gasteiger partial charge in [0, 0.05) is 30.9 Å². The Balaban J connectivity index is 1.49. The van der Waals surface area contributed by atoms with E-state index in [-0.39, 0.29) is 12.3 Å². The molecule has 1 amide bonds. The van der Waals surface area contributed by atoms with Crippen LogP contribution in [0, 0.1) is 0 Å². The van der Waals surface area contributed by atoms with Gasteiger partial charge in [-0.25, -0.2) is 0 Å². The summed E-state index contributed by atoms with van der Waals surface area (Å²) in [6, 6.07) is 8.31. The van der Waals surface area contributed by atoms with E-state index < -0.39 is 0 Å². The predicted octanol–water partition coefficient (Wildman–Crippen LogP) is -1.19. The summed E-state index contributed by atoms with van der Waals surface area (Å²) < 4.78 is 5.60.